The van der Waals surface area contributed by atoms with E-state index in [2.05, 4.69) is 59.5 Å². The van der Waals surface area contributed by atoms with Crippen LogP contribution in [-0.2, 0) is 9.22 Å². The number of anilines is 1. The average molecular weight is 357 g/mol. The van der Waals surface area contributed by atoms with Crippen molar-refractivity contribution >= 4 is 29.1 Å². The van der Waals surface area contributed by atoms with E-state index >= 15 is 0 Å². The van der Waals surface area contributed by atoms with Gasteiger partial charge in [0.2, 0.25) is 0 Å². The summed E-state index contributed by atoms with van der Waals surface area (Å²) in [5.74, 6) is 0. The van der Waals surface area contributed by atoms with E-state index in [1.54, 1.807) is 0 Å². The highest BCUT2D eigenvalue weighted by Crippen LogP contribution is 2.28. The molecule has 0 aromatic heterocycles. The minimum atomic E-state index is 0.779. The van der Waals surface area contributed by atoms with E-state index in [0.29, 0.717) is 0 Å². The molecule has 5 nitrogen and oxygen atoms in total. The van der Waals surface area contributed by atoms with Gasteiger partial charge in [0.25, 0.3) is 0 Å². The molecule has 0 fully saturated rings. The summed E-state index contributed by atoms with van der Waals surface area (Å²) in [5, 5.41) is 8.67. The fraction of sp³-hybridized carbons (Fsp3) is 0.263. The van der Waals surface area contributed by atoms with Gasteiger partial charge in [0, 0.05) is 23.7 Å². The summed E-state index contributed by atoms with van der Waals surface area (Å²) in [6.45, 7) is 11.7. The van der Waals surface area contributed by atoms with Gasteiger partial charge in [-0.3, -0.25) is 0 Å². The smallest absolute Gasteiger partial charge is 0.123 e. The van der Waals surface area contributed by atoms with Gasteiger partial charge in [-0.05, 0) is 68.8 Å². The summed E-state index contributed by atoms with van der Waals surface area (Å²) in [6.07, 6.45) is 1.23. The highest BCUT2D eigenvalue weighted by atomic mass is 32.2. The molecule has 132 valence electrons. The van der Waals surface area contributed by atoms with Gasteiger partial charge in [0.05, 0.1) is 23.4 Å². The van der Waals surface area contributed by atoms with Crippen LogP contribution in [0.25, 0.3) is 0 Å². The van der Waals surface area contributed by atoms with Crippen LogP contribution < -0.4 is 4.90 Å². The number of benzene rings is 2. The van der Waals surface area contributed by atoms with Crippen molar-refractivity contribution in [2.75, 3.05) is 18.0 Å². The van der Waals surface area contributed by atoms with E-state index in [-0.39, 0.29) is 0 Å². The molecule has 0 bridgehead atoms. The summed E-state index contributed by atoms with van der Waals surface area (Å²) >= 11 is 1.11. The number of rotatable bonds is 9. The molecule has 0 aliphatic heterocycles. The van der Waals surface area contributed by atoms with Crippen molar-refractivity contribution in [1.82, 2.24) is 0 Å². The largest absolute Gasteiger partial charge is 0.372 e. The molecule has 0 unspecified atom stereocenters. The van der Waals surface area contributed by atoms with Gasteiger partial charge in [-0.2, -0.15) is 10.2 Å². The van der Waals surface area contributed by atoms with Crippen LogP contribution in [0.5, 0.6) is 0 Å². The van der Waals surface area contributed by atoms with E-state index in [1.165, 1.54) is 11.9 Å². The Morgan fingerprint density at radius 3 is 2.40 bits per heavy atom. The van der Waals surface area contributed by atoms with E-state index in [0.717, 1.165) is 47.0 Å². The van der Waals surface area contributed by atoms with Crippen LogP contribution in [0.3, 0.4) is 0 Å². The van der Waals surface area contributed by atoms with Gasteiger partial charge in [0.1, 0.15) is 6.26 Å². The lowest BCUT2D eigenvalue weighted by Crippen LogP contribution is -2.21. The van der Waals surface area contributed by atoms with Gasteiger partial charge in [-0.1, -0.05) is 6.58 Å². The second-order valence-electron chi connectivity index (χ2n) is 5.25. The van der Waals surface area contributed by atoms with Crippen LogP contribution in [0.4, 0.5) is 17.1 Å². The molecule has 0 aliphatic rings. The lowest BCUT2D eigenvalue weighted by Gasteiger charge is -2.21. The maximum Gasteiger partial charge on any atom is 0.123 e. The molecule has 0 aliphatic carbocycles. The summed E-state index contributed by atoms with van der Waals surface area (Å²) in [6, 6.07) is 13.8. The van der Waals surface area contributed by atoms with Crippen molar-refractivity contribution in [1.29, 1.82) is 0 Å². The maximum absolute atomic E-state index is 4.84. The molecule has 0 saturated heterocycles. The van der Waals surface area contributed by atoms with Crippen molar-refractivity contribution in [2.45, 2.75) is 25.7 Å². The second kappa shape index (κ2) is 9.86. The van der Waals surface area contributed by atoms with E-state index < -0.39 is 0 Å². The normalized spacial score (nSPS) is 10.8. The molecule has 2 rings (SSSR count). The number of azo groups is 1. The Balaban J connectivity index is 2.04. The number of hydrogen-bond acceptors (Lipinski definition) is 6. The van der Waals surface area contributed by atoms with Crippen molar-refractivity contribution in [3.05, 3.63) is 60.9 Å². The zero-order valence-electron chi connectivity index (χ0n) is 14.8. The van der Waals surface area contributed by atoms with Gasteiger partial charge in [-0.15, -0.1) is 4.33 Å². The third-order valence-electron chi connectivity index (χ3n) is 3.66. The van der Waals surface area contributed by atoms with Crippen LogP contribution in [0.15, 0.2) is 70.4 Å². The predicted molar refractivity (Wildman–Crippen MR) is 104 cm³/mol. The number of hydrogen-bond donors (Lipinski definition) is 0. The molecule has 2 aromatic carbocycles. The molecular weight excluding hydrogens is 334 g/mol. The van der Waals surface area contributed by atoms with Crippen molar-refractivity contribution in [2.24, 2.45) is 10.2 Å². The second-order valence-corrected chi connectivity index (χ2v) is 6.03. The van der Waals surface area contributed by atoms with E-state index in [1.807, 2.05) is 30.3 Å². The average Bonchev–Trinajstić information content (AvgIpc) is 2.63. The minimum Gasteiger partial charge on any atom is -0.372 e. The Morgan fingerprint density at radius 2 is 1.80 bits per heavy atom. The minimum absolute atomic E-state index is 0.779. The predicted octanol–water partition coefficient (Wildman–Crippen LogP) is 6.36. The highest BCUT2D eigenvalue weighted by molar-refractivity contribution is 7.94. The topological polar surface area (TPSA) is 46.4 Å². The SMILES string of the molecule is C=COOSc1ccc(N=Nc2ccc(N(CC)CC)cc2C)cc1. The molecular formula is C19H23N3O2S. The molecule has 0 N–H and O–H groups in total. The first-order valence-corrected chi connectivity index (χ1v) is 8.90. The van der Waals surface area contributed by atoms with Crippen molar-refractivity contribution < 1.29 is 9.22 Å². The van der Waals surface area contributed by atoms with Gasteiger partial charge in [0.15, 0.2) is 0 Å². The Kier molecular flexibility index (Phi) is 7.50. The Bertz CT molecular complexity index is 713. The first-order chi connectivity index (χ1) is 12.2. The summed E-state index contributed by atoms with van der Waals surface area (Å²) in [4.78, 5) is 7.82. The number of aryl methyl sites for hydroxylation is 1. The molecule has 0 atom stereocenters. The molecule has 0 amide bonds. The van der Waals surface area contributed by atoms with Crippen molar-refractivity contribution in [3.8, 4) is 0 Å². The highest BCUT2D eigenvalue weighted by Gasteiger charge is 2.04. The Hall–Kier alpha value is -2.31. The lowest BCUT2D eigenvalue weighted by molar-refractivity contribution is -0.129. The van der Waals surface area contributed by atoms with Crippen molar-refractivity contribution in [3.63, 3.8) is 0 Å². The van der Waals surface area contributed by atoms with Crippen LogP contribution in [0.1, 0.15) is 19.4 Å². The van der Waals surface area contributed by atoms with Crippen LogP contribution in [-0.4, -0.2) is 13.1 Å². The van der Waals surface area contributed by atoms with Crippen LogP contribution >= 0.6 is 12.0 Å². The fourth-order valence-electron chi connectivity index (χ4n) is 2.30. The fourth-order valence-corrected chi connectivity index (χ4v) is 2.72. The summed E-state index contributed by atoms with van der Waals surface area (Å²) in [5.41, 5.74) is 3.97. The van der Waals surface area contributed by atoms with Gasteiger partial charge >= 0.3 is 0 Å². The molecule has 0 heterocycles. The number of nitrogens with zero attached hydrogens (tertiary/aromatic N) is 3. The van der Waals surface area contributed by atoms with Gasteiger partial charge < -0.3 is 9.79 Å². The third-order valence-corrected chi connectivity index (χ3v) is 4.27. The molecule has 6 heteroatoms. The zero-order valence-corrected chi connectivity index (χ0v) is 15.6. The zero-order chi connectivity index (χ0) is 18.1. The monoisotopic (exact) mass is 357 g/mol. The van der Waals surface area contributed by atoms with E-state index in [9.17, 15) is 0 Å². The lowest BCUT2D eigenvalue weighted by atomic mass is 10.1. The molecule has 0 saturated carbocycles. The summed E-state index contributed by atoms with van der Waals surface area (Å²) < 4.78 is 4.84. The van der Waals surface area contributed by atoms with Crippen LogP contribution in [0, 0.1) is 6.92 Å². The quantitative estimate of drug-likeness (QED) is 0.131. The molecule has 25 heavy (non-hydrogen) atoms. The molecule has 2 aromatic rings. The van der Waals surface area contributed by atoms with Gasteiger partial charge in [-0.25, -0.2) is 0 Å². The third kappa shape index (κ3) is 5.62. The molecule has 0 spiro atoms. The standard InChI is InChI=1S/C19H23N3O2S/c1-5-22(6-2)17-10-13-19(15(4)14-17)21-20-16-8-11-18(12-9-16)25-24-23-7-3/h7-14H,3,5-6H2,1-2,4H3. The van der Waals surface area contributed by atoms with Crippen LogP contribution in [0.2, 0.25) is 0 Å². The molecule has 0 radical (unpaired) electrons. The summed E-state index contributed by atoms with van der Waals surface area (Å²) in [7, 11) is 0. The maximum atomic E-state index is 4.84. The first kappa shape index (κ1) is 19.0. The first-order valence-electron chi connectivity index (χ1n) is 8.16. The Labute approximate surface area is 153 Å². The Morgan fingerprint density at radius 1 is 1.08 bits per heavy atom. The van der Waals surface area contributed by atoms with E-state index in [4.69, 9.17) is 4.33 Å².